The summed E-state index contributed by atoms with van der Waals surface area (Å²) in [6, 6.07) is 15.6. The number of ketones is 1. The fourth-order valence-electron chi connectivity index (χ4n) is 2.47. The zero-order valence-electron chi connectivity index (χ0n) is 15.4. The predicted molar refractivity (Wildman–Crippen MR) is 102 cm³/mol. The summed E-state index contributed by atoms with van der Waals surface area (Å²) in [7, 11) is 0. The molecule has 1 aromatic heterocycles. The van der Waals surface area contributed by atoms with Gasteiger partial charge in [0.15, 0.2) is 18.1 Å². The van der Waals surface area contributed by atoms with Crippen molar-refractivity contribution >= 4 is 23.3 Å². The lowest BCUT2D eigenvalue weighted by Crippen LogP contribution is -2.21. The molecular weight excluding hydrogens is 360 g/mol. The summed E-state index contributed by atoms with van der Waals surface area (Å²) in [6.45, 7) is 2.59. The van der Waals surface area contributed by atoms with Gasteiger partial charge in [0, 0.05) is 16.8 Å². The Kier molecular flexibility index (Phi) is 5.64. The number of carbonyl (C=O) groups excluding carboxylic acids is 3. The number of aryl methyl sites for hydroxylation is 1. The Balaban J connectivity index is 1.58. The molecular formula is C21H18N2O5. The van der Waals surface area contributed by atoms with Gasteiger partial charge in [-0.15, -0.1) is 0 Å². The first kappa shape index (κ1) is 19.0. The maximum Gasteiger partial charge on any atom is 0.361 e. The van der Waals surface area contributed by atoms with E-state index in [1.165, 1.54) is 6.92 Å². The number of nitrogens with zero attached hydrogens (tertiary/aromatic N) is 1. The van der Waals surface area contributed by atoms with Gasteiger partial charge in [0.05, 0.1) is 0 Å². The number of Topliss-reactive ketones (excluding diaryl/α,β-unsaturated/α-hetero) is 1. The van der Waals surface area contributed by atoms with E-state index in [0.29, 0.717) is 22.9 Å². The van der Waals surface area contributed by atoms with E-state index >= 15 is 0 Å². The molecule has 1 amide bonds. The van der Waals surface area contributed by atoms with Crippen molar-refractivity contribution in [2.45, 2.75) is 13.8 Å². The van der Waals surface area contributed by atoms with Crippen LogP contribution in [0.2, 0.25) is 0 Å². The Morgan fingerprint density at radius 2 is 1.71 bits per heavy atom. The van der Waals surface area contributed by atoms with Crippen molar-refractivity contribution in [3.63, 3.8) is 0 Å². The largest absolute Gasteiger partial charge is 0.451 e. The summed E-state index contributed by atoms with van der Waals surface area (Å²) in [6.07, 6.45) is 0. The average molecular weight is 378 g/mol. The zero-order valence-corrected chi connectivity index (χ0v) is 15.4. The van der Waals surface area contributed by atoms with E-state index in [9.17, 15) is 14.4 Å². The molecule has 3 aromatic rings. The van der Waals surface area contributed by atoms with Gasteiger partial charge >= 0.3 is 5.97 Å². The normalized spacial score (nSPS) is 10.4. The standard InChI is InChI=1S/C21H18N2O5/c1-13(24)15-8-10-17(11-9-15)22-18(25)12-27-21(26)19-14(2)28-20(23-19)16-6-4-3-5-7-16/h3-11H,12H2,1-2H3,(H,22,25). The van der Waals surface area contributed by atoms with E-state index in [-0.39, 0.29) is 11.5 Å². The summed E-state index contributed by atoms with van der Waals surface area (Å²) >= 11 is 0. The van der Waals surface area contributed by atoms with Crippen molar-refractivity contribution in [3.05, 3.63) is 71.6 Å². The lowest BCUT2D eigenvalue weighted by atomic mass is 10.1. The van der Waals surface area contributed by atoms with Crippen LogP contribution in [0.5, 0.6) is 0 Å². The number of aromatic nitrogens is 1. The van der Waals surface area contributed by atoms with Gasteiger partial charge < -0.3 is 14.5 Å². The molecule has 0 saturated carbocycles. The smallest absolute Gasteiger partial charge is 0.361 e. The van der Waals surface area contributed by atoms with Crippen LogP contribution in [-0.2, 0) is 9.53 Å². The summed E-state index contributed by atoms with van der Waals surface area (Å²) in [5, 5.41) is 2.59. The maximum atomic E-state index is 12.2. The number of hydrogen-bond donors (Lipinski definition) is 1. The number of hydrogen-bond acceptors (Lipinski definition) is 6. The van der Waals surface area contributed by atoms with E-state index in [1.807, 2.05) is 30.3 Å². The fraction of sp³-hybridized carbons (Fsp3) is 0.143. The average Bonchev–Trinajstić information content (AvgIpc) is 3.09. The molecule has 28 heavy (non-hydrogen) atoms. The van der Waals surface area contributed by atoms with E-state index in [1.54, 1.807) is 31.2 Å². The Morgan fingerprint density at radius 1 is 1.04 bits per heavy atom. The van der Waals surface area contributed by atoms with Gasteiger partial charge in [-0.1, -0.05) is 18.2 Å². The number of rotatable bonds is 6. The van der Waals surface area contributed by atoms with Crippen LogP contribution in [0.4, 0.5) is 5.69 Å². The number of oxazole rings is 1. The van der Waals surface area contributed by atoms with Gasteiger partial charge in [-0.2, -0.15) is 0 Å². The molecule has 0 atom stereocenters. The number of nitrogens with one attached hydrogen (secondary N) is 1. The van der Waals surface area contributed by atoms with Crippen molar-refractivity contribution in [3.8, 4) is 11.5 Å². The van der Waals surface area contributed by atoms with Crippen molar-refractivity contribution in [2.75, 3.05) is 11.9 Å². The Bertz CT molecular complexity index is 1010. The van der Waals surface area contributed by atoms with Gasteiger partial charge in [-0.05, 0) is 50.2 Å². The minimum Gasteiger partial charge on any atom is -0.451 e. The zero-order chi connectivity index (χ0) is 20.1. The van der Waals surface area contributed by atoms with Crippen LogP contribution in [0, 0.1) is 6.92 Å². The number of carbonyl (C=O) groups is 3. The van der Waals surface area contributed by atoms with E-state index in [2.05, 4.69) is 10.3 Å². The Labute approximate surface area is 161 Å². The minimum atomic E-state index is -0.745. The molecule has 142 valence electrons. The second-order valence-electron chi connectivity index (χ2n) is 6.05. The summed E-state index contributed by atoms with van der Waals surface area (Å²) < 4.78 is 10.5. The first-order valence-electron chi connectivity index (χ1n) is 8.55. The monoisotopic (exact) mass is 378 g/mol. The molecule has 0 spiro atoms. The van der Waals surface area contributed by atoms with Crippen LogP contribution in [0.1, 0.15) is 33.5 Å². The van der Waals surface area contributed by atoms with Crippen LogP contribution >= 0.6 is 0 Å². The molecule has 3 rings (SSSR count). The highest BCUT2D eigenvalue weighted by atomic mass is 16.5. The van der Waals surface area contributed by atoms with E-state index in [0.717, 1.165) is 5.56 Å². The van der Waals surface area contributed by atoms with Gasteiger partial charge in [0.25, 0.3) is 5.91 Å². The topological polar surface area (TPSA) is 98.5 Å². The van der Waals surface area contributed by atoms with Crippen molar-refractivity contribution in [1.29, 1.82) is 0 Å². The summed E-state index contributed by atoms with van der Waals surface area (Å²) in [5.41, 5.74) is 1.80. The van der Waals surface area contributed by atoms with Crippen LogP contribution in [0.15, 0.2) is 59.0 Å². The molecule has 0 unspecified atom stereocenters. The maximum absolute atomic E-state index is 12.2. The molecule has 1 heterocycles. The number of esters is 1. The first-order chi connectivity index (χ1) is 13.4. The van der Waals surface area contributed by atoms with Gasteiger partial charge in [0.1, 0.15) is 5.76 Å². The van der Waals surface area contributed by atoms with E-state index in [4.69, 9.17) is 9.15 Å². The quantitative estimate of drug-likeness (QED) is 0.519. The second kappa shape index (κ2) is 8.30. The van der Waals surface area contributed by atoms with Crippen molar-refractivity contribution < 1.29 is 23.5 Å². The van der Waals surface area contributed by atoms with Crippen molar-refractivity contribution in [1.82, 2.24) is 4.98 Å². The van der Waals surface area contributed by atoms with Crippen LogP contribution in [0.25, 0.3) is 11.5 Å². The number of anilines is 1. The number of benzene rings is 2. The summed E-state index contributed by atoms with van der Waals surface area (Å²) in [4.78, 5) is 39.6. The molecule has 7 heteroatoms. The highest BCUT2D eigenvalue weighted by Crippen LogP contribution is 2.21. The molecule has 0 aliphatic carbocycles. The van der Waals surface area contributed by atoms with Crippen LogP contribution in [-0.4, -0.2) is 29.3 Å². The van der Waals surface area contributed by atoms with Gasteiger partial charge in [-0.25, -0.2) is 9.78 Å². The SMILES string of the molecule is CC(=O)c1ccc(NC(=O)COC(=O)c2nc(-c3ccccc3)oc2C)cc1. The molecule has 0 radical (unpaired) electrons. The predicted octanol–water partition coefficient (Wildman–Crippen LogP) is 3.65. The number of ether oxygens (including phenoxy) is 1. The molecule has 0 aliphatic heterocycles. The highest BCUT2D eigenvalue weighted by Gasteiger charge is 2.20. The first-order valence-corrected chi connectivity index (χ1v) is 8.55. The molecule has 0 bridgehead atoms. The Morgan fingerprint density at radius 3 is 2.36 bits per heavy atom. The second-order valence-corrected chi connectivity index (χ2v) is 6.05. The van der Waals surface area contributed by atoms with Gasteiger partial charge in [0.2, 0.25) is 5.89 Å². The molecule has 0 aliphatic rings. The van der Waals surface area contributed by atoms with Crippen molar-refractivity contribution in [2.24, 2.45) is 0 Å². The number of amides is 1. The molecule has 0 fully saturated rings. The third kappa shape index (κ3) is 4.50. The molecule has 0 saturated heterocycles. The van der Waals surface area contributed by atoms with Crippen LogP contribution in [0.3, 0.4) is 0 Å². The molecule has 7 nitrogen and oxygen atoms in total. The third-order valence-electron chi connectivity index (χ3n) is 3.92. The third-order valence-corrected chi connectivity index (χ3v) is 3.92. The van der Waals surface area contributed by atoms with Gasteiger partial charge in [-0.3, -0.25) is 9.59 Å². The lowest BCUT2D eigenvalue weighted by molar-refractivity contribution is -0.119. The molecule has 1 N–H and O–H groups in total. The molecule has 2 aromatic carbocycles. The van der Waals surface area contributed by atoms with Crippen LogP contribution < -0.4 is 5.32 Å². The van der Waals surface area contributed by atoms with E-state index < -0.39 is 18.5 Å². The minimum absolute atomic E-state index is 0.0254. The highest BCUT2D eigenvalue weighted by molar-refractivity contribution is 5.97. The summed E-state index contributed by atoms with van der Waals surface area (Å²) in [5.74, 6) is -0.701. The fourth-order valence-corrected chi connectivity index (χ4v) is 2.47. The lowest BCUT2D eigenvalue weighted by Gasteiger charge is -2.06. The Hall–Kier alpha value is -3.74.